The van der Waals surface area contributed by atoms with Crippen LogP contribution in [-0.2, 0) is 16.6 Å². The van der Waals surface area contributed by atoms with Crippen molar-refractivity contribution in [1.29, 1.82) is 0 Å². The summed E-state index contributed by atoms with van der Waals surface area (Å²) in [4.78, 5) is 0. The second-order valence-corrected chi connectivity index (χ2v) is 6.88. The summed E-state index contributed by atoms with van der Waals surface area (Å²) in [6.45, 7) is 3.20. The Bertz CT molecular complexity index is 692. The summed E-state index contributed by atoms with van der Waals surface area (Å²) < 4.78 is 26.6. The van der Waals surface area contributed by atoms with Crippen molar-refractivity contribution in [2.24, 2.45) is 0 Å². The summed E-state index contributed by atoms with van der Waals surface area (Å²) in [6, 6.07) is 7.92. The third kappa shape index (κ3) is 3.49. The number of hydrogen-bond donors (Lipinski definition) is 1. The first-order valence-corrected chi connectivity index (χ1v) is 8.34. The van der Waals surface area contributed by atoms with E-state index in [1.165, 1.54) is 6.26 Å². The van der Waals surface area contributed by atoms with Gasteiger partial charge in [-0.2, -0.15) is 0 Å². The fraction of sp³-hybridized carbons (Fsp3) is 0.385. The van der Waals surface area contributed by atoms with Gasteiger partial charge in [0.25, 0.3) is 0 Å². The molecule has 0 aliphatic heterocycles. The van der Waals surface area contributed by atoms with E-state index in [1.54, 1.807) is 0 Å². The van der Waals surface area contributed by atoms with Crippen LogP contribution >= 0.6 is 11.6 Å². The molecule has 0 radical (unpaired) electrons. The smallest absolute Gasteiger partial charge is 0.208 e. The molecule has 2 aromatic rings. The number of aromatic nitrogens is 1. The van der Waals surface area contributed by atoms with Crippen LogP contribution in [0.2, 0.25) is 5.02 Å². The molecule has 0 spiro atoms. The number of sulfonamides is 1. The number of nitrogens with zero attached hydrogens (tertiary/aromatic N) is 1. The molecule has 0 aliphatic rings. The van der Waals surface area contributed by atoms with Crippen LogP contribution < -0.4 is 4.72 Å². The highest BCUT2D eigenvalue weighted by Gasteiger charge is 2.08. The minimum absolute atomic E-state index is 0.433. The second kappa shape index (κ2) is 5.53. The van der Waals surface area contributed by atoms with Gasteiger partial charge in [-0.15, -0.1) is 0 Å². The van der Waals surface area contributed by atoms with Gasteiger partial charge in [-0.05, 0) is 25.5 Å². The van der Waals surface area contributed by atoms with Gasteiger partial charge in [-0.1, -0.05) is 23.7 Å². The molecule has 1 aromatic carbocycles. The van der Waals surface area contributed by atoms with Gasteiger partial charge in [0, 0.05) is 24.2 Å². The number of nitrogens with one attached hydrogen (secondary N) is 1. The molecule has 0 amide bonds. The number of benzene rings is 1. The van der Waals surface area contributed by atoms with Crippen LogP contribution in [0.25, 0.3) is 10.9 Å². The third-order valence-electron chi connectivity index (χ3n) is 3.00. The van der Waals surface area contributed by atoms with Crippen molar-refractivity contribution in [3.63, 3.8) is 0 Å². The summed E-state index contributed by atoms with van der Waals surface area (Å²) >= 11 is 6.23. The minimum atomic E-state index is -3.11. The lowest BCUT2D eigenvalue weighted by molar-refractivity contribution is 0.576. The Kier molecular flexibility index (Phi) is 4.18. The number of fused-ring (bicyclic) bond motifs is 1. The number of halogens is 1. The highest BCUT2D eigenvalue weighted by atomic mass is 35.5. The zero-order chi connectivity index (χ0) is 14.0. The quantitative estimate of drug-likeness (QED) is 0.863. The molecular weight excluding hydrogens is 284 g/mol. The number of aryl methyl sites for hydroxylation is 2. The minimum Gasteiger partial charge on any atom is -0.344 e. The fourth-order valence-electron chi connectivity index (χ4n) is 2.20. The van der Waals surface area contributed by atoms with Crippen molar-refractivity contribution < 1.29 is 8.42 Å². The Labute approximate surface area is 118 Å². The standard InChI is InChI=1S/C13H17ClN2O2S/c1-10-9-11-5-3-6-12(14)13(11)16(10)8-4-7-15-19(2,17)18/h3,5-6,9,15H,4,7-8H2,1-2H3. The van der Waals surface area contributed by atoms with E-state index in [2.05, 4.69) is 15.4 Å². The van der Waals surface area contributed by atoms with Crippen LogP contribution in [0.1, 0.15) is 12.1 Å². The molecule has 6 heteroatoms. The van der Waals surface area contributed by atoms with Crippen molar-refractivity contribution in [2.45, 2.75) is 19.9 Å². The summed E-state index contributed by atoms with van der Waals surface area (Å²) in [5.74, 6) is 0. The molecule has 0 fully saturated rings. The van der Waals surface area contributed by atoms with E-state index in [0.29, 0.717) is 6.54 Å². The van der Waals surface area contributed by atoms with E-state index in [-0.39, 0.29) is 0 Å². The average molecular weight is 301 g/mol. The van der Waals surface area contributed by atoms with E-state index in [1.807, 2.05) is 25.1 Å². The molecule has 0 saturated carbocycles. The van der Waals surface area contributed by atoms with Crippen molar-refractivity contribution >= 4 is 32.5 Å². The van der Waals surface area contributed by atoms with Gasteiger partial charge in [0.05, 0.1) is 16.8 Å². The molecule has 104 valence electrons. The first-order valence-electron chi connectivity index (χ1n) is 6.07. The molecule has 2 rings (SSSR count). The molecule has 19 heavy (non-hydrogen) atoms. The van der Waals surface area contributed by atoms with Gasteiger partial charge in [-0.25, -0.2) is 13.1 Å². The van der Waals surface area contributed by atoms with Crippen LogP contribution in [0.4, 0.5) is 0 Å². The summed E-state index contributed by atoms with van der Waals surface area (Å²) in [6.07, 6.45) is 1.89. The SMILES string of the molecule is Cc1cc2cccc(Cl)c2n1CCCNS(C)(=O)=O. The molecule has 0 unspecified atom stereocenters. The molecule has 1 N–H and O–H groups in total. The summed E-state index contributed by atoms with van der Waals surface area (Å²) in [5.41, 5.74) is 2.14. The summed E-state index contributed by atoms with van der Waals surface area (Å²) in [5, 5.41) is 1.84. The number of hydrogen-bond acceptors (Lipinski definition) is 2. The van der Waals surface area contributed by atoms with Gasteiger partial charge in [0.15, 0.2) is 0 Å². The Morgan fingerprint density at radius 3 is 2.79 bits per heavy atom. The normalized spacial score (nSPS) is 12.2. The molecule has 0 aliphatic carbocycles. The molecule has 1 aromatic heterocycles. The fourth-order valence-corrected chi connectivity index (χ4v) is 2.99. The van der Waals surface area contributed by atoms with E-state index >= 15 is 0 Å². The van der Waals surface area contributed by atoms with E-state index < -0.39 is 10.0 Å². The van der Waals surface area contributed by atoms with Gasteiger partial charge in [0.1, 0.15) is 0 Å². The third-order valence-corrected chi connectivity index (χ3v) is 4.03. The lowest BCUT2D eigenvalue weighted by atomic mass is 10.2. The van der Waals surface area contributed by atoms with Gasteiger partial charge in [-0.3, -0.25) is 0 Å². The molecule has 1 heterocycles. The van der Waals surface area contributed by atoms with Gasteiger partial charge < -0.3 is 4.57 Å². The van der Waals surface area contributed by atoms with Crippen LogP contribution in [0, 0.1) is 6.92 Å². The second-order valence-electron chi connectivity index (χ2n) is 4.64. The highest BCUT2D eigenvalue weighted by Crippen LogP contribution is 2.26. The van der Waals surface area contributed by atoms with Crippen molar-refractivity contribution in [2.75, 3.05) is 12.8 Å². The van der Waals surface area contributed by atoms with E-state index in [9.17, 15) is 8.42 Å². The maximum Gasteiger partial charge on any atom is 0.208 e. The van der Waals surface area contributed by atoms with Crippen molar-refractivity contribution in [1.82, 2.24) is 9.29 Å². The molecule has 0 saturated heterocycles. The van der Waals surface area contributed by atoms with Crippen molar-refractivity contribution in [3.8, 4) is 0 Å². The van der Waals surface area contributed by atoms with Gasteiger partial charge >= 0.3 is 0 Å². The molecule has 0 atom stereocenters. The van der Waals surface area contributed by atoms with Gasteiger partial charge in [0.2, 0.25) is 10.0 Å². The molecule has 4 nitrogen and oxygen atoms in total. The zero-order valence-electron chi connectivity index (χ0n) is 11.0. The monoisotopic (exact) mass is 300 g/mol. The Morgan fingerprint density at radius 1 is 1.37 bits per heavy atom. The maximum absolute atomic E-state index is 11.0. The predicted molar refractivity (Wildman–Crippen MR) is 79.1 cm³/mol. The number of para-hydroxylation sites is 1. The van der Waals surface area contributed by atoms with Crippen LogP contribution in [-0.4, -0.2) is 25.8 Å². The molecule has 0 bridgehead atoms. The predicted octanol–water partition coefficient (Wildman–Crippen LogP) is 2.54. The zero-order valence-corrected chi connectivity index (χ0v) is 12.6. The largest absolute Gasteiger partial charge is 0.344 e. The van der Waals surface area contributed by atoms with Crippen LogP contribution in [0.3, 0.4) is 0 Å². The Morgan fingerprint density at radius 2 is 2.11 bits per heavy atom. The lowest BCUT2D eigenvalue weighted by Gasteiger charge is -2.09. The topological polar surface area (TPSA) is 51.1 Å². The van der Waals surface area contributed by atoms with Crippen LogP contribution in [0.5, 0.6) is 0 Å². The highest BCUT2D eigenvalue weighted by molar-refractivity contribution is 7.88. The average Bonchev–Trinajstić information content (AvgIpc) is 2.61. The Balaban J connectivity index is 2.14. The first-order chi connectivity index (χ1) is 8.88. The molecular formula is C13H17ClN2O2S. The van der Waals surface area contributed by atoms with Crippen LogP contribution in [0.15, 0.2) is 24.3 Å². The summed E-state index contributed by atoms with van der Waals surface area (Å²) in [7, 11) is -3.11. The first kappa shape index (κ1) is 14.4. The maximum atomic E-state index is 11.0. The Hall–Kier alpha value is -1.04. The van der Waals surface area contributed by atoms with E-state index in [0.717, 1.165) is 34.6 Å². The van der Waals surface area contributed by atoms with Crippen molar-refractivity contribution in [3.05, 3.63) is 35.0 Å². The lowest BCUT2D eigenvalue weighted by Crippen LogP contribution is -2.23. The van der Waals surface area contributed by atoms with E-state index in [4.69, 9.17) is 11.6 Å². The number of rotatable bonds is 5.